The van der Waals surface area contributed by atoms with Gasteiger partial charge in [0.05, 0.1) is 6.61 Å². The Morgan fingerprint density at radius 3 is 2.93 bits per heavy atom. The largest absolute Gasteiger partial charge is 0.314 e. The third kappa shape index (κ3) is 2.27. The van der Waals surface area contributed by atoms with Crippen LogP contribution in [0.4, 0.5) is 0 Å². The lowest BCUT2D eigenvalue weighted by atomic mass is 9.94. The molecule has 0 bridgehead atoms. The van der Waals surface area contributed by atoms with Gasteiger partial charge >= 0.3 is 0 Å². The van der Waals surface area contributed by atoms with Gasteiger partial charge in [0.1, 0.15) is 0 Å². The van der Waals surface area contributed by atoms with Crippen molar-refractivity contribution < 1.29 is 4.84 Å². The van der Waals surface area contributed by atoms with Gasteiger partial charge in [-0.05, 0) is 45.1 Å². The monoisotopic (exact) mass is 198 g/mol. The molecular formula is C11H22N2O. The van der Waals surface area contributed by atoms with Crippen LogP contribution >= 0.6 is 0 Å². The van der Waals surface area contributed by atoms with Gasteiger partial charge in [-0.2, -0.15) is 5.48 Å². The van der Waals surface area contributed by atoms with Crippen LogP contribution in [-0.2, 0) is 4.84 Å². The summed E-state index contributed by atoms with van der Waals surface area (Å²) in [7, 11) is 0. The first-order valence-corrected chi connectivity index (χ1v) is 6.02. The van der Waals surface area contributed by atoms with Crippen LogP contribution in [0.15, 0.2) is 0 Å². The Bertz CT molecular complexity index is 169. The van der Waals surface area contributed by atoms with Crippen molar-refractivity contribution >= 4 is 0 Å². The fourth-order valence-electron chi connectivity index (χ4n) is 2.88. The molecule has 3 heteroatoms. The molecule has 0 spiro atoms. The van der Waals surface area contributed by atoms with E-state index in [-0.39, 0.29) is 0 Å². The quantitative estimate of drug-likeness (QED) is 0.671. The molecule has 0 aromatic rings. The summed E-state index contributed by atoms with van der Waals surface area (Å²) < 4.78 is 0. The molecule has 3 nitrogen and oxygen atoms in total. The Labute approximate surface area is 86.5 Å². The van der Waals surface area contributed by atoms with Crippen LogP contribution in [0.2, 0.25) is 0 Å². The van der Waals surface area contributed by atoms with Crippen molar-refractivity contribution in [3.05, 3.63) is 0 Å². The van der Waals surface area contributed by atoms with Crippen molar-refractivity contribution in [2.45, 2.75) is 51.1 Å². The highest BCUT2D eigenvalue weighted by molar-refractivity contribution is 4.91. The first kappa shape index (κ1) is 10.4. The molecule has 3 unspecified atom stereocenters. The molecule has 2 fully saturated rings. The first-order chi connectivity index (χ1) is 6.92. The van der Waals surface area contributed by atoms with E-state index in [1.165, 1.54) is 38.6 Å². The molecular weight excluding hydrogens is 176 g/mol. The summed E-state index contributed by atoms with van der Waals surface area (Å²) in [5.74, 6) is 0.795. The number of nitrogens with one attached hydrogen (secondary N) is 2. The molecule has 2 N–H and O–H groups in total. The minimum absolute atomic E-state index is 0.588. The standard InChI is InChI=1S/C11H22N2O/c1-2-14-13-11-6-3-5-9(11)10-7-4-8-12-10/h9-13H,2-8H2,1H3. The smallest absolute Gasteiger partial charge is 0.0654 e. The maximum Gasteiger partial charge on any atom is 0.0654 e. The van der Waals surface area contributed by atoms with Crippen LogP contribution in [0.5, 0.6) is 0 Å². The topological polar surface area (TPSA) is 33.3 Å². The SMILES string of the molecule is CCONC1CCCC1C1CCCN1. The predicted octanol–water partition coefficient (Wildman–Crippen LogP) is 1.45. The minimum Gasteiger partial charge on any atom is -0.314 e. The van der Waals surface area contributed by atoms with Crippen molar-refractivity contribution in [2.24, 2.45) is 5.92 Å². The van der Waals surface area contributed by atoms with Gasteiger partial charge in [-0.25, -0.2) is 0 Å². The van der Waals surface area contributed by atoms with Crippen LogP contribution in [-0.4, -0.2) is 25.2 Å². The maximum absolute atomic E-state index is 5.33. The maximum atomic E-state index is 5.33. The van der Waals surface area contributed by atoms with Gasteiger partial charge < -0.3 is 10.2 Å². The number of rotatable bonds is 4. The molecule has 3 atom stereocenters. The molecule has 14 heavy (non-hydrogen) atoms. The van der Waals surface area contributed by atoms with Crippen molar-refractivity contribution in [1.82, 2.24) is 10.8 Å². The summed E-state index contributed by atoms with van der Waals surface area (Å²) in [6, 6.07) is 1.33. The fraction of sp³-hybridized carbons (Fsp3) is 1.00. The lowest BCUT2D eigenvalue weighted by Crippen LogP contribution is -2.42. The van der Waals surface area contributed by atoms with Crippen molar-refractivity contribution in [1.29, 1.82) is 0 Å². The summed E-state index contributed by atoms with van der Waals surface area (Å²) in [6.45, 7) is 4.01. The zero-order valence-corrected chi connectivity index (χ0v) is 9.09. The molecule has 1 aliphatic carbocycles. The molecule has 1 heterocycles. The predicted molar refractivity (Wildman–Crippen MR) is 56.9 cm³/mol. The molecule has 1 saturated heterocycles. The summed E-state index contributed by atoms with van der Waals surface area (Å²) in [4.78, 5) is 5.33. The van der Waals surface area contributed by atoms with Crippen molar-refractivity contribution in [3.8, 4) is 0 Å². The Balaban J connectivity index is 1.82. The van der Waals surface area contributed by atoms with Crippen LogP contribution in [0.25, 0.3) is 0 Å². The van der Waals surface area contributed by atoms with Crippen LogP contribution in [0, 0.1) is 5.92 Å². The lowest BCUT2D eigenvalue weighted by Gasteiger charge is -2.25. The van der Waals surface area contributed by atoms with E-state index in [1.807, 2.05) is 6.92 Å². The Morgan fingerprint density at radius 2 is 2.21 bits per heavy atom. The van der Waals surface area contributed by atoms with Gasteiger partial charge in [-0.15, -0.1) is 0 Å². The Morgan fingerprint density at radius 1 is 1.29 bits per heavy atom. The molecule has 0 aromatic carbocycles. The second-order valence-corrected chi connectivity index (χ2v) is 4.45. The van der Waals surface area contributed by atoms with E-state index >= 15 is 0 Å². The van der Waals surface area contributed by atoms with Gasteiger partial charge in [0.25, 0.3) is 0 Å². The number of hydroxylamine groups is 1. The van der Waals surface area contributed by atoms with Gasteiger partial charge in [0.2, 0.25) is 0 Å². The average molecular weight is 198 g/mol. The van der Waals surface area contributed by atoms with Gasteiger partial charge in [-0.3, -0.25) is 0 Å². The highest BCUT2D eigenvalue weighted by Crippen LogP contribution is 2.31. The summed E-state index contributed by atoms with van der Waals surface area (Å²) in [5, 5.41) is 3.61. The van der Waals surface area contributed by atoms with Crippen LogP contribution in [0.1, 0.15) is 39.0 Å². The van der Waals surface area contributed by atoms with E-state index in [0.717, 1.165) is 18.6 Å². The van der Waals surface area contributed by atoms with Crippen molar-refractivity contribution in [2.75, 3.05) is 13.2 Å². The van der Waals surface area contributed by atoms with E-state index in [4.69, 9.17) is 4.84 Å². The normalized spacial score (nSPS) is 37.9. The summed E-state index contributed by atoms with van der Waals surface area (Å²) in [6.07, 6.45) is 6.70. The third-order valence-corrected chi connectivity index (χ3v) is 3.56. The zero-order valence-electron chi connectivity index (χ0n) is 9.09. The fourth-order valence-corrected chi connectivity index (χ4v) is 2.88. The third-order valence-electron chi connectivity index (χ3n) is 3.56. The van der Waals surface area contributed by atoms with Crippen LogP contribution < -0.4 is 10.8 Å². The first-order valence-electron chi connectivity index (χ1n) is 6.02. The van der Waals surface area contributed by atoms with Gasteiger partial charge in [0, 0.05) is 12.1 Å². The van der Waals surface area contributed by atoms with Crippen LogP contribution in [0.3, 0.4) is 0 Å². The van der Waals surface area contributed by atoms with E-state index in [0.29, 0.717) is 6.04 Å². The molecule has 0 radical (unpaired) electrons. The van der Waals surface area contributed by atoms with Gasteiger partial charge in [-0.1, -0.05) is 6.42 Å². The second-order valence-electron chi connectivity index (χ2n) is 4.45. The van der Waals surface area contributed by atoms with E-state index in [1.54, 1.807) is 0 Å². The molecule has 1 aliphatic heterocycles. The number of hydrogen-bond donors (Lipinski definition) is 2. The molecule has 82 valence electrons. The summed E-state index contributed by atoms with van der Waals surface area (Å²) in [5.41, 5.74) is 3.22. The molecule has 0 aromatic heterocycles. The highest BCUT2D eigenvalue weighted by Gasteiger charge is 2.34. The molecule has 2 rings (SSSR count). The minimum atomic E-state index is 0.588. The average Bonchev–Trinajstić information content (AvgIpc) is 2.84. The van der Waals surface area contributed by atoms with Crippen molar-refractivity contribution in [3.63, 3.8) is 0 Å². The zero-order chi connectivity index (χ0) is 9.80. The lowest BCUT2D eigenvalue weighted by molar-refractivity contribution is 0.0112. The Kier molecular flexibility index (Phi) is 3.79. The number of hydrogen-bond acceptors (Lipinski definition) is 3. The van der Waals surface area contributed by atoms with E-state index in [9.17, 15) is 0 Å². The Hall–Kier alpha value is -0.120. The van der Waals surface area contributed by atoms with E-state index < -0.39 is 0 Å². The molecule has 1 saturated carbocycles. The molecule has 0 amide bonds. The second kappa shape index (κ2) is 5.10. The van der Waals surface area contributed by atoms with Gasteiger partial charge in [0.15, 0.2) is 0 Å². The van der Waals surface area contributed by atoms with E-state index in [2.05, 4.69) is 10.8 Å². The highest BCUT2D eigenvalue weighted by atomic mass is 16.6. The molecule has 2 aliphatic rings. The summed E-state index contributed by atoms with van der Waals surface area (Å²) >= 11 is 0.